The van der Waals surface area contributed by atoms with Crippen molar-refractivity contribution in [2.24, 2.45) is 0 Å². The summed E-state index contributed by atoms with van der Waals surface area (Å²) in [5, 5.41) is 0. The van der Waals surface area contributed by atoms with Gasteiger partial charge in [-0.1, -0.05) is 12.1 Å². The zero-order valence-corrected chi connectivity index (χ0v) is 15.4. The molecule has 0 bridgehead atoms. The van der Waals surface area contributed by atoms with E-state index in [2.05, 4.69) is 9.71 Å². The first-order valence-electron chi connectivity index (χ1n) is 8.48. The second-order valence-electron chi connectivity index (χ2n) is 6.11. The van der Waals surface area contributed by atoms with Crippen LogP contribution in [0.1, 0.15) is 16.1 Å². The van der Waals surface area contributed by atoms with Crippen LogP contribution in [0, 0.1) is 0 Å². The first-order valence-corrected chi connectivity index (χ1v) is 9.96. The number of piperazine rings is 1. The topological polar surface area (TPSA) is 99.7 Å². The lowest BCUT2D eigenvalue weighted by Gasteiger charge is -2.32. The van der Waals surface area contributed by atoms with Gasteiger partial charge in [0.1, 0.15) is 0 Å². The third-order valence-electron chi connectivity index (χ3n) is 4.31. The summed E-state index contributed by atoms with van der Waals surface area (Å²) in [4.78, 5) is 30.7. The molecule has 1 fully saturated rings. The number of carbonyl (C=O) groups is 2. The molecule has 8 nitrogen and oxygen atoms in total. The number of rotatable bonds is 6. The molecule has 1 saturated heterocycles. The number of hydrogen-bond acceptors (Lipinski definition) is 5. The molecule has 0 radical (unpaired) electrons. The quantitative estimate of drug-likeness (QED) is 0.726. The predicted molar refractivity (Wildman–Crippen MR) is 98.2 cm³/mol. The summed E-state index contributed by atoms with van der Waals surface area (Å²) in [5.41, 5.74) is 0.900. The Balaban J connectivity index is 1.70. The molecule has 0 unspecified atom stereocenters. The van der Waals surface area contributed by atoms with Crippen LogP contribution in [0.4, 0.5) is 0 Å². The molecular weight excluding hydrogens is 368 g/mol. The van der Waals surface area contributed by atoms with E-state index in [9.17, 15) is 18.0 Å². The zero-order chi connectivity index (χ0) is 19.3. The van der Waals surface area contributed by atoms with Gasteiger partial charge < -0.3 is 9.80 Å². The molecule has 0 atom stereocenters. The average Bonchev–Trinajstić information content (AvgIpc) is 2.73. The molecule has 27 heavy (non-hydrogen) atoms. The Kier molecular flexibility index (Phi) is 5.82. The van der Waals surface area contributed by atoms with Crippen LogP contribution in [0.5, 0.6) is 0 Å². The Hall–Kier alpha value is -2.78. The molecule has 2 aromatic rings. The minimum absolute atomic E-state index is 0.0239. The summed E-state index contributed by atoms with van der Waals surface area (Å²) in [5.74, 6) is -0.248. The number of pyridine rings is 1. The maximum atomic E-state index is 12.6. The second-order valence-corrected chi connectivity index (χ2v) is 7.87. The molecule has 1 aromatic heterocycles. The molecule has 2 amide bonds. The van der Waals surface area contributed by atoms with Gasteiger partial charge in [0.2, 0.25) is 16.4 Å². The number of carbonyl (C=O) groups excluding carboxylic acids is 2. The second kappa shape index (κ2) is 8.28. The van der Waals surface area contributed by atoms with Gasteiger partial charge in [-0.15, -0.1) is 0 Å². The molecular formula is C18H20N4O4S. The molecule has 1 aromatic carbocycles. The minimum Gasteiger partial charge on any atom is -0.342 e. The van der Waals surface area contributed by atoms with Gasteiger partial charge in [-0.3, -0.25) is 14.6 Å². The lowest BCUT2D eigenvalue weighted by atomic mass is 10.2. The molecule has 3 rings (SSSR count). The molecule has 2 heterocycles. The monoisotopic (exact) mass is 388 g/mol. The van der Waals surface area contributed by atoms with Crippen molar-refractivity contribution in [1.82, 2.24) is 19.5 Å². The van der Waals surface area contributed by atoms with E-state index in [4.69, 9.17) is 0 Å². The van der Waals surface area contributed by atoms with Crippen molar-refractivity contribution in [2.75, 3.05) is 26.2 Å². The third-order valence-corrected chi connectivity index (χ3v) is 5.71. The lowest BCUT2D eigenvalue weighted by molar-refractivity contribution is -0.119. The van der Waals surface area contributed by atoms with Crippen molar-refractivity contribution in [1.29, 1.82) is 0 Å². The molecule has 142 valence electrons. The van der Waals surface area contributed by atoms with Gasteiger partial charge in [0, 0.05) is 37.9 Å². The van der Waals surface area contributed by atoms with Crippen molar-refractivity contribution < 1.29 is 18.0 Å². The number of benzene rings is 1. The third kappa shape index (κ3) is 4.69. The summed E-state index contributed by atoms with van der Waals surface area (Å²) in [6.45, 7) is 1.85. The van der Waals surface area contributed by atoms with Crippen LogP contribution >= 0.6 is 0 Å². The Labute approximate surface area is 157 Å². The fourth-order valence-electron chi connectivity index (χ4n) is 2.76. The fourth-order valence-corrected chi connectivity index (χ4v) is 3.81. The van der Waals surface area contributed by atoms with Crippen molar-refractivity contribution in [3.63, 3.8) is 0 Å². The van der Waals surface area contributed by atoms with E-state index in [0.29, 0.717) is 37.4 Å². The van der Waals surface area contributed by atoms with E-state index >= 15 is 0 Å². The average molecular weight is 388 g/mol. The largest absolute Gasteiger partial charge is 0.342 e. The fraction of sp³-hybridized carbons (Fsp3) is 0.278. The van der Waals surface area contributed by atoms with Crippen LogP contribution in [0.25, 0.3) is 0 Å². The summed E-state index contributed by atoms with van der Waals surface area (Å²) in [7, 11) is -3.77. The van der Waals surface area contributed by atoms with E-state index in [1.165, 1.54) is 12.1 Å². The van der Waals surface area contributed by atoms with Crippen LogP contribution in [-0.4, -0.2) is 61.7 Å². The van der Waals surface area contributed by atoms with Gasteiger partial charge in [0.25, 0.3) is 5.91 Å². The van der Waals surface area contributed by atoms with Crippen molar-refractivity contribution in [3.05, 3.63) is 59.9 Å². The Morgan fingerprint density at radius 2 is 1.89 bits per heavy atom. The highest BCUT2D eigenvalue weighted by atomic mass is 32.2. The van der Waals surface area contributed by atoms with Crippen molar-refractivity contribution in [2.45, 2.75) is 11.4 Å². The van der Waals surface area contributed by atoms with Crippen LogP contribution in [0.3, 0.4) is 0 Å². The van der Waals surface area contributed by atoms with Crippen LogP contribution < -0.4 is 4.72 Å². The van der Waals surface area contributed by atoms with Gasteiger partial charge in [0.05, 0.1) is 17.1 Å². The number of hydrogen-bond donors (Lipinski definition) is 1. The normalized spacial score (nSPS) is 14.8. The Bertz CT molecular complexity index is 910. The maximum absolute atomic E-state index is 12.6. The van der Waals surface area contributed by atoms with Crippen LogP contribution in [0.2, 0.25) is 0 Å². The van der Waals surface area contributed by atoms with E-state index < -0.39 is 10.0 Å². The summed E-state index contributed by atoms with van der Waals surface area (Å²) in [6, 6.07) is 11.2. The highest BCUT2D eigenvalue weighted by Gasteiger charge is 2.23. The molecule has 0 saturated carbocycles. The first-order chi connectivity index (χ1) is 13.0. The van der Waals surface area contributed by atoms with Gasteiger partial charge in [-0.05, 0) is 30.3 Å². The number of aromatic nitrogens is 1. The lowest BCUT2D eigenvalue weighted by Crippen LogP contribution is -2.48. The van der Waals surface area contributed by atoms with Crippen LogP contribution in [0.15, 0.2) is 53.6 Å². The highest BCUT2D eigenvalue weighted by molar-refractivity contribution is 7.89. The molecule has 1 aliphatic rings. The number of amides is 2. The first kappa shape index (κ1) is 19.0. The van der Waals surface area contributed by atoms with E-state index in [-0.39, 0.29) is 17.3 Å². The van der Waals surface area contributed by atoms with E-state index in [1.54, 1.807) is 46.3 Å². The number of nitrogens with one attached hydrogen (secondary N) is 1. The number of sulfonamides is 1. The molecule has 0 spiro atoms. The Morgan fingerprint density at radius 3 is 2.56 bits per heavy atom. The zero-order valence-electron chi connectivity index (χ0n) is 14.6. The van der Waals surface area contributed by atoms with Crippen LogP contribution in [-0.2, 0) is 21.4 Å². The highest BCUT2D eigenvalue weighted by Crippen LogP contribution is 2.15. The Morgan fingerprint density at radius 1 is 1.11 bits per heavy atom. The van der Waals surface area contributed by atoms with Gasteiger partial charge in [-0.25, -0.2) is 13.1 Å². The molecule has 1 aliphatic heterocycles. The molecule has 1 N–H and O–H groups in total. The van der Waals surface area contributed by atoms with Crippen molar-refractivity contribution >= 4 is 22.3 Å². The SMILES string of the molecule is O=CN1CCN(C(=O)c2cccc(S(=O)(=O)NCc3ccccn3)c2)CC1. The molecule has 9 heteroatoms. The minimum atomic E-state index is -3.77. The number of nitrogens with zero attached hydrogens (tertiary/aromatic N) is 3. The van der Waals surface area contributed by atoms with Crippen molar-refractivity contribution in [3.8, 4) is 0 Å². The maximum Gasteiger partial charge on any atom is 0.254 e. The molecule has 0 aliphatic carbocycles. The van der Waals surface area contributed by atoms with Gasteiger partial charge in [-0.2, -0.15) is 0 Å². The predicted octanol–water partition coefficient (Wildman–Crippen LogP) is 0.474. The van der Waals surface area contributed by atoms with Gasteiger partial charge >= 0.3 is 0 Å². The standard InChI is InChI=1S/C18H20N4O4S/c23-14-21-8-10-22(11-9-21)18(24)15-4-3-6-17(12-15)27(25,26)20-13-16-5-1-2-7-19-16/h1-7,12,14,20H,8-11,13H2. The van der Waals surface area contributed by atoms with E-state index in [0.717, 1.165) is 6.41 Å². The van der Waals surface area contributed by atoms with Gasteiger partial charge in [0.15, 0.2) is 0 Å². The summed E-state index contributed by atoms with van der Waals surface area (Å²) >= 11 is 0. The smallest absolute Gasteiger partial charge is 0.254 e. The summed E-state index contributed by atoms with van der Waals surface area (Å²) < 4.78 is 27.5. The summed E-state index contributed by atoms with van der Waals surface area (Å²) in [6.07, 6.45) is 2.36. The van der Waals surface area contributed by atoms with E-state index in [1.807, 2.05) is 0 Å².